The Morgan fingerprint density at radius 1 is 1.18 bits per heavy atom. The van der Waals surface area contributed by atoms with Crippen LogP contribution in [0.2, 0.25) is 0 Å². The second-order valence-corrected chi connectivity index (χ2v) is 8.40. The van der Waals surface area contributed by atoms with Gasteiger partial charge in [-0.2, -0.15) is 0 Å². The number of aryl methyl sites for hydroxylation is 1. The number of hydrogen-bond acceptors (Lipinski definition) is 7. The third-order valence-electron chi connectivity index (χ3n) is 4.61. The number of carbonyl (C=O) groups excluding carboxylic acids is 2. The summed E-state index contributed by atoms with van der Waals surface area (Å²) in [6.45, 7) is 8.82. The summed E-state index contributed by atoms with van der Waals surface area (Å²) in [6, 6.07) is 14.4. The largest absolute Gasteiger partial charge is 0.486 e. The average molecular weight is 481 g/mol. The van der Waals surface area contributed by atoms with Gasteiger partial charge in [-0.25, -0.2) is 4.79 Å². The van der Waals surface area contributed by atoms with E-state index in [4.69, 9.17) is 9.47 Å². The van der Waals surface area contributed by atoms with Gasteiger partial charge in [-0.3, -0.25) is 9.36 Å². The van der Waals surface area contributed by atoms with Gasteiger partial charge in [0.1, 0.15) is 12.4 Å². The number of esters is 1. The van der Waals surface area contributed by atoms with Crippen LogP contribution in [0.1, 0.15) is 35.1 Å². The van der Waals surface area contributed by atoms with Crippen LogP contribution in [-0.4, -0.2) is 39.0 Å². The SMILES string of the molecule is C=CCn1c(COc2cccc(C)c2)nnc1SCC(=O)Nc1cccc(C(=O)OCCC)c1. The van der Waals surface area contributed by atoms with E-state index in [1.54, 1.807) is 30.3 Å². The van der Waals surface area contributed by atoms with Crippen LogP contribution in [0.3, 0.4) is 0 Å². The molecule has 0 bridgehead atoms. The number of allylic oxidation sites excluding steroid dienone is 1. The molecule has 3 aromatic rings. The summed E-state index contributed by atoms with van der Waals surface area (Å²) in [5, 5.41) is 11.8. The van der Waals surface area contributed by atoms with Gasteiger partial charge in [-0.05, 0) is 49.2 Å². The number of anilines is 1. The van der Waals surface area contributed by atoms with Gasteiger partial charge < -0.3 is 14.8 Å². The molecule has 0 spiro atoms. The van der Waals surface area contributed by atoms with Crippen molar-refractivity contribution in [1.29, 1.82) is 0 Å². The second-order valence-electron chi connectivity index (χ2n) is 7.46. The molecule has 0 aliphatic rings. The summed E-state index contributed by atoms with van der Waals surface area (Å²) in [7, 11) is 0. The zero-order chi connectivity index (χ0) is 24.3. The van der Waals surface area contributed by atoms with E-state index >= 15 is 0 Å². The molecule has 0 saturated carbocycles. The Bertz CT molecular complexity index is 1150. The highest BCUT2D eigenvalue weighted by Crippen LogP contribution is 2.20. The third kappa shape index (κ3) is 7.21. The molecule has 9 heteroatoms. The van der Waals surface area contributed by atoms with Gasteiger partial charge in [0, 0.05) is 12.2 Å². The molecule has 34 heavy (non-hydrogen) atoms. The van der Waals surface area contributed by atoms with Crippen molar-refractivity contribution in [2.24, 2.45) is 0 Å². The van der Waals surface area contributed by atoms with Crippen molar-refractivity contribution in [3.8, 4) is 5.75 Å². The quantitative estimate of drug-likeness (QED) is 0.229. The molecule has 1 heterocycles. The Hall–Kier alpha value is -3.59. The number of nitrogens with zero attached hydrogens (tertiary/aromatic N) is 3. The summed E-state index contributed by atoms with van der Waals surface area (Å²) in [4.78, 5) is 24.5. The van der Waals surface area contributed by atoms with Gasteiger partial charge in [-0.1, -0.05) is 43.0 Å². The molecule has 1 amide bonds. The van der Waals surface area contributed by atoms with Crippen molar-refractivity contribution in [3.63, 3.8) is 0 Å². The Kier molecular flexibility index (Phi) is 9.28. The van der Waals surface area contributed by atoms with Gasteiger partial charge in [-0.15, -0.1) is 16.8 Å². The summed E-state index contributed by atoms with van der Waals surface area (Å²) < 4.78 is 12.9. The standard InChI is InChI=1S/C25H28N4O4S/c1-4-12-29-22(16-33-21-11-6-8-18(3)14-21)27-28-25(29)34-17-23(30)26-20-10-7-9-19(15-20)24(31)32-13-5-2/h4,6-11,14-15H,1,5,12-13,16-17H2,2-3H3,(H,26,30). The fourth-order valence-corrected chi connectivity index (χ4v) is 3.79. The lowest BCUT2D eigenvalue weighted by molar-refractivity contribution is -0.113. The van der Waals surface area contributed by atoms with Crippen LogP contribution in [0.15, 0.2) is 66.3 Å². The molecular formula is C25H28N4O4S. The van der Waals surface area contributed by atoms with Gasteiger partial charge in [0.2, 0.25) is 5.91 Å². The highest BCUT2D eigenvalue weighted by atomic mass is 32.2. The predicted octanol–water partition coefficient (Wildman–Crippen LogP) is 4.65. The first-order valence-corrected chi connectivity index (χ1v) is 11.9. The van der Waals surface area contributed by atoms with E-state index in [1.807, 2.05) is 42.7 Å². The highest BCUT2D eigenvalue weighted by molar-refractivity contribution is 7.99. The van der Waals surface area contributed by atoms with Gasteiger partial charge >= 0.3 is 5.97 Å². The van der Waals surface area contributed by atoms with Gasteiger partial charge in [0.15, 0.2) is 11.0 Å². The van der Waals surface area contributed by atoms with Crippen LogP contribution in [-0.2, 0) is 22.7 Å². The normalized spacial score (nSPS) is 10.5. The Balaban J connectivity index is 1.59. The first kappa shape index (κ1) is 25.0. The molecule has 0 aliphatic heterocycles. The molecule has 1 N–H and O–H groups in total. The van der Waals surface area contributed by atoms with Crippen LogP contribution in [0.5, 0.6) is 5.75 Å². The minimum atomic E-state index is -0.412. The molecule has 8 nitrogen and oxygen atoms in total. The lowest BCUT2D eigenvalue weighted by atomic mass is 10.2. The predicted molar refractivity (Wildman–Crippen MR) is 132 cm³/mol. The van der Waals surface area contributed by atoms with E-state index < -0.39 is 5.97 Å². The molecule has 1 aromatic heterocycles. The monoisotopic (exact) mass is 480 g/mol. The summed E-state index contributed by atoms with van der Waals surface area (Å²) in [5.41, 5.74) is 2.02. The van der Waals surface area contributed by atoms with Crippen molar-refractivity contribution in [2.45, 2.75) is 38.6 Å². The van der Waals surface area contributed by atoms with Crippen LogP contribution >= 0.6 is 11.8 Å². The van der Waals surface area contributed by atoms with E-state index in [-0.39, 0.29) is 18.3 Å². The van der Waals surface area contributed by atoms with Crippen LogP contribution in [0.25, 0.3) is 0 Å². The molecule has 0 saturated heterocycles. The molecular weight excluding hydrogens is 452 g/mol. The zero-order valence-corrected chi connectivity index (χ0v) is 20.1. The van der Waals surface area contributed by atoms with Gasteiger partial charge in [0.05, 0.1) is 17.9 Å². The number of hydrogen-bond donors (Lipinski definition) is 1. The van der Waals surface area contributed by atoms with E-state index in [2.05, 4.69) is 22.1 Å². The molecule has 2 aromatic carbocycles. The number of carbonyl (C=O) groups is 2. The first-order valence-electron chi connectivity index (χ1n) is 10.9. The van der Waals surface area contributed by atoms with Crippen molar-refractivity contribution in [2.75, 3.05) is 17.7 Å². The minimum Gasteiger partial charge on any atom is -0.486 e. The molecule has 0 aliphatic carbocycles. The maximum atomic E-state index is 12.5. The molecule has 3 rings (SSSR count). The topological polar surface area (TPSA) is 95.3 Å². The summed E-state index contributed by atoms with van der Waals surface area (Å²) in [6.07, 6.45) is 2.49. The van der Waals surface area contributed by atoms with E-state index in [1.165, 1.54) is 11.8 Å². The number of benzene rings is 2. The van der Waals surface area contributed by atoms with Crippen LogP contribution < -0.4 is 10.1 Å². The zero-order valence-electron chi connectivity index (χ0n) is 19.3. The van der Waals surface area contributed by atoms with Crippen molar-refractivity contribution < 1.29 is 19.1 Å². The Labute approximate surface area is 203 Å². The fraction of sp³-hybridized carbons (Fsp3) is 0.280. The van der Waals surface area contributed by atoms with Crippen molar-refractivity contribution in [1.82, 2.24) is 14.8 Å². The lowest BCUT2D eigenvalue weighted by Gasteiger charge is -2.10. The van der Waals surface area contributed by atoms with Crippen molar-refractivity contribution in [3.05, 3.63) is 78.1 Å². The summed E-state index contributed by atoms with van der Waals surface area (Å²) in [5.74, 6) is 0.878. The maximum absolute atomic E-state index is 12.5. The minimum absolute atomic E-state index is 0.124. The number of aromatic nitrogens is 3. The highest BCUT2D eigenvalue weighted by Gasteiger charge is 2.15. The van der Waals surface area contributed by atoms with Crippen LogP contribution in [0.4, 0.5) is 5.69 Å². The number of rotatable bonds is 12. The summed E-state index contributed by atoms with van der Waals surface area (Å²) >= 11 is 1.26. The maximum Gasteiger partial charge on any atom is 0.338 e. The Morgan fingerprint density at radius 3 is 2.76 bits per heavy atom. The van der Waals surface area contributed by atoms with Crippen LogP contribution in [0, 0.1) is 6.92 Å². The smallest absolute Gasteiger partial charge is 0.338 e. The van der Waals surface area contributed by atoms with Crippen molar-refractivity contribution >= 4 is 29.3 Å². The van der Waals surface area contributed by atoms with E-state index in [0.717, 1.165) is 17.7 Å². The number of amides is 1. The second kappa shape index (κ2) is 12.6. The number of nitrogens with one attached hydrogen (secondary N) is 1. The Morgan fingerprint density at radius 2 is 2.00 bits per heavy atom. The lowest BCUT2D eigenvalue weighted by Crippen LogP contribution is -2.15. The number of thioether (sulfide) groups is 1. The number of ether oxygens (including phenoxy) is 2. The fourth-order valence-electron chi connectivity index (χ4n) is 3.03. The average Bonchev–Trinajstić information content (AvgIpc) is 3.21. The molecule has 0 fully saturated rings. The van der Waals surface area contributed by atoms with E-state index in [9.17, 15) is 9.59 Å². The molecule has 0 unspecified atom stereocenters. The molecule has 0 radical (unpaired) electrons. The molecule has 0 atom stereocenters. The third-order valence-corrected chi connectivity index (χ3v) is 5.58. The first-order chi connectivity index (χ1) is 16.5. The molecule has 178 valence electrons. The van der Waals surface area contributed by atoms with Gasteiger partial charge in [0.25, 0.3) is 0 Å². The van der Waals surface area contributed by atoms with E-state index in [0.29, 0.717) is 35.4 Å².